The molecule has 13 heteroatoms. The van der Waals surface area contributed by atoms with Crippen molar-refractivity contribution in [3.8, 4) is 11.5 Å². The number of fused-ring (bicyclic) bond motifs is 2. The van der Waals surface area contributed by atoms with Crippen molar-refractivity contribution in [1.29, 1.82) is 0 Å². The second-order valence-electron chi connectivity index (χ2n) is 12.0. The summed E-state index contributed by atoms with van der Waals surface area (Å²) in [7, 11) is 1.27. The Morgan fingerprint density at radius 2 is 1.62 bits per heavy atom. The smallest absolute Gasteiger partial charge is 0.343 e. The number of carbonyl (C=O) groups is 3. The predicted molar refractivity (Wildman–Crippen MR) is 199 cm³/mol. The van der Waals surface area contributed by atoms with Gasteiger partial charge in [0.2, 0.25) is 0 Å². The molecular weight excluding hydrogens is 699 g/mol. The number of hydrogen-bond donors (Lipinski definition) is 0. The van der Waals surface area contributed by atoms with E-state index in [1.807, 2.05) is 55.6 Å². The van der Waals surface area contributed by atoms with Crippen molar-refractivity contribution >= 4 is 46.2 Å². The number of ether oxygens (including phenoxy) is 5. The highest BCUT2D eigenvalue weighted by Crippen LogP contribution is 2.36. The number of esters is 3. The number of thiazole rings is 1. The van der Waals surface area contributed by atoms with E-state index in [-0.39, 0.29) is 30.3 Å². The summed E-state index contributed by atoms with van der Waals surface area (Å²) in [6.45, 7) is 7.97. The lowest BCUT2D eigenvalue weighted by Crippen LogP contribution is -2.40. The van der Waals surface area contributed by atoms with Crippen molar-refractivity contribution < 1.29 is 38.1 Å². The molecule has 274 valence electrons. The van der Waals surface area contributed by atoms with Gasteiger partial charge in [-0.1, -0.05) is 47.7 Å². The molecule has 0 N–H and O–H groups in total. The van der Waals surface area contributed by atoms with Crippen molar-refractivity contribution in [2.45, 2.75) is 40.3 Å². The first-order chi connectivity index (χ1) is 25.7. The number of hydrogen-bond acceptors (Lipinski definition) is 11. The monoisotopic (exact) mass is 737 g/mol. The minimum atomic E-state index is -0.889. The van der Waals surface area contributed by atoms with Gasteiger partial charge in [-0.15, -0.1) is 0 Å². The number of allylic oxidation sites excluding steroid dienone is 1. The van der Waals surface area contributed by atoms with Crippen molar-refractivity contribution in [2.24, 2.45) is 4.99 Å². The van der Waals surface area contributed by atoms with E-state index in [0.717, 1.165) is 22.0 Å². The van der Waals surface area contributed by atoms with Crippen LogP contribution >= 0.6 is 11.3 Å². The average Bonchev–Trinajstić information content (AvgIpc) is 3.66. The summed E-state index contributed by atoms with van der Waals surface area (Å²) in [6, 6.07) is 19.4. The van der Waals surface area contributed by atoms with E-state index >= 15 is 0 Å². The highest BCUT2D eigenvalue weighted by molar-refractivity contribution is 7.07. The molecule has 0 fully saturated rings. The summed E-state index contributed by atoms with van der Waals surface area (Å²) in [5, 5.41) is 0.949. The van der Waals surface area contributed by atoms with Crippen molar-refractivity contribution in [1.82, 2.24) is 9.13 Å². The quantitative estimate of drug-likeness (QED) is 0.122. The van der Waals surface area contributed by atoms with Crippen LogP contribution in [0.3, 0.4) is 0 Å². The molecule has 0 saturated heterocycles. The molecule has 53 heavy (non-hydrogen) atoms. The van der Waals surface area contributed by atoms with Crippen LogP contribution < -0.4 is 24.4 Å². The van der Waals surface area contributed by atoms with Crippen LogP contribution in [-0.2, 0) is 30.3 Å². The van der Waals surface area contributed by atoms with Gasteiger partial charge in [0.15, 0.2) is 22.9 Å². The van der Waals surface area contributed by atoms with E-state index in [1.165, 1.54) is 23.0 Å². The van der Waals surface area contributed by atoms with Crippen LogP contribution in [0.25, 0.3) is 17.0 Å². The molecule has 5 aromatic rings. The SMILES string of the molecule is CCOC(=O)C1=C(C)N=c2s/c(=C/c3cn(Cc4ccc(C(=O)OCC)cc4)c4ccccc34)c(=O)n2[C@H]1c1ccc(OCC(=O)OC)c(OCC)c1. The van der Waals surface area contributed by atoms with Gasteiger partial charge in [0.05, 0.1) is 54.3 Å². The van der Waals surface area contributed by atoms with Gasteiger partial charge in [0.1, 0.15) is 0 Å². The number of aromatic nitrogens is 2. The summed E-state index contributed by atoms with van der Waals surface area (Å²) < 4.78 is 30.9. The molecule has 0 spiro atoms. The van der Waals surface area contributed by atoms with E-state index in [0.29, 0.717) is 57.4 Å². The fraction of sp³-hybridized carbons (Fsp3) is 0.275. The second-order valence-corrected chi connectivity index (χ2v) is 13.0. The number of nitrogens with zero attached hydrogens (tertiary/aromatic N) is 3. The topological polar surface area (TPSA) is 137 Å². The summed E-state index contributed by atoms with van der Waals surface area (Å²) in [4.78, 5) is 57.0. The highest BCUT2D eigenvalue weighted by atomic mass is 32.1. The molecule has 12 nitrogen and oxygen atoms in total. The lowest BCUT2D eigenvalue weighted by molar-refractivity contribution is -0.143. The van der Waals surface area contributed by atoms with E-state index in [2.05, 4.69) is 4.57 Å². The molecule has 1 atom stereocenters. The van der Waals surface area contributed by atoms with Gasteiger partial charge >= 0.3 is 17.9 Å². The fourth-order valence-electron chi connectivity index (χ4n) is 6.20. The summed E-state index contributed by atoms with van der Waals surface area (Å²) in [5.74, 6) is -0.872. The van der Waals surface area contributed by atoms with Crippen molar-refractivity contribution in [3.05, 3.63) is 126 Å². The largest absolute Gasteiger partial charge is 0.490 e. The van der Waals surface area contributed by atoms with E-state index in [1.54, 1.807) is 51.1 Å². The Labute approximate surface area is 309 Å². The molecule has 3 aromatic carbocycles. The van der Waals surface area contributed by atoms with Gasteiger partial charge in [-0.3, -0.25) is 9.36 Å². The third kappa shape index (κ3) is 7.65. The Balaban J connectivity index is 1.44. The zero-order valence-corrected chi connectivity index (χ0v) is 30.9. The maximum atomic E-state index is 14.4. The first-order valence-corrected chi connectivity index (χ1v) is 18.0. The molecule has 0 amide bonds. The maximum Gasteiger partial charge on any atom is 0.343 e. The second kappa shape index (κ2) is 16.2. The van der Waals surface area contributed by atoms with Crippen LogP contribution in [0.2, 0.25) is 0 Å². The normalized spacial score (nSPS) is 14.1. The molecule has 1 aliphatic rings. The molecule has 3 heterocycles. The van der Waals surface area contributed by atoms with Gasteiger partial charge in [0.25, 0.3) is 5.56 Å². The zero-order chi connectivity index (χ0) is 37.6. The highest BCUT2D eigenvalue weighted by Gasteiger charge is 2.34. The molecular formula is C40H39N3O9S. The van der Waals surface area contributed by atoms with Gasteiger partial charge in [-0.2, -0.15) is 0 Å². The van der Waals surface area contributed by atoms with Crippen LogP contribution in [-0.4, -0.2) is 60.6 Å². The lowest BCUT2D eigenvalue weighted by Gasteiger charge is -2.25. The molecule has 0 bridgehead atoms. The van der Waals surface area contributed by atoms with Gasteiger partial charge in [-0.25, -0.2) is 19.4 Å². The molecule has 0 aliphatic carbocycles. The van der Waals surface area contributed by atoms with Gasteiger partial charge in [-0.05, 0) is 75.2 Å². The zero-order valence-electron chi connectivity index (χ0n) is 30.0. The van der Waals surface area contributed by atoms with Gasteiger partial charge in [0, 0.05) is 29.2 Å². The number of rotatable bonds is 13. The van der Waals surface area contributed by atoms with Crippen LogP contribution in [0.4, 0.5) is 0 Å². The minimum Gasteiger partial charge on any atom is -0.490 e. The summed E-state index contributed by atoms with van der Waals surface area (Å²) in [5.41, 5.74) is 4.16. The Bertz CT molecular complexity index is 2400. The standard InChI is InChI=1S/C40H39N3O9S/c1-6-49-32-19-27(17-18-31(32)52-23-34(44)48-5)36-35(39(47)51-8-3)24(4)41-40-43(36)37(45)33(53-40)20-28-22-42(30-12-10-9-11-29(28)30)21-25-13-15-26(16-14-25)38(46)50-7-2/h9-20,22,36H,6-8,21,23H2,1-5H3/b33-20+/t36-/m0/s1. The Hall–Kier alpha value is -5.95. The van der Waals surface area contributed by atoms with Crippen LogP contribution in [0.1, 0.15) is 60.8 Å². The van der Waals surface area contributed by atoms with Crippen LogP contribution in [0.5, 0.6) is 11.5 Å². The lowest BCUT2D eigenvalue weighted by atomic mass is 9.95. The summed E-state index contributed by atoms with van der Waals surface area (Å²) >= 11 is 1.23. The van der Waals surface area contributed by atoms with Gasteiger partial charge < -0.3 is 28.3 Å². The third-order valence-corrected chi connectivity index (χ3v) is 9.58. The Kier molecular flexibility index (Phi) is 11.2. The Morgan fingerprint density at radius 3 is 2.34 bits per heavy atom. The molecule has 6 rings (SSSR count). The first kappa shape index (κ1) is 36.8. The number of carbonyl (C=O) groups excluding carboxylic acids is 3. The number of benzene rings is 3. The van der Waals surface area contributed by atoms with Crippen LogP contribution in [0.15, 0.2) is 94.0 Å². The summed E-state index contributed by atoms with van der Waals surface area (Å²) in [6.07, 6.45) is 3.85. The molecule has 0 unspecified atom stereocenters. The molecule has 1 aliphatic heterocycles. The van der Waals surface area contributed by atoms with Crippen molar-refractivity contribution in [3.63, 3.8) is 0 Å². The van der Waals surface area contributed by atoms with E-state index in [9.17, 15) is 19.2 Å². The van der Waals surface area contributed by atoms with Crippen molar-refractivity contribution in [2.75, 3.05) is 33.5 Å². The van der Waals surface area contributed by atoms with Crippen LogP contribution in [0, 0.1) is 0 Å². The predicted octanol–water partition coefficient (Wildman–Crippen LogP) is 4.93. The average molecular weight is 738 g/mol. The first-order valence-electron chi connectivity index (χ1n) is 17.2. The molecule has 2 aromatic heterocycles. The maximum absolute atomic E-state index is 14.4. The van der Waals surface area contributed by atoms with E-state index < -0.39 is 18.0 Å². The Morgan fingerprint density at radius 1 is 0.887 bits per heavy atom. The number of para-hydroxylation sites is 1. The molecule has 0 radical (unpaired) electrons. The molecule has 0 saturated carbocycles. The fourth-order valence-corrected chi connectivity index (χ4v) is 7.24. The third-order valence-electron chi connectivity index (χ3n) is 8.60. The minimum absolute atomic E-state index is 0.136. The number of methoxy groups -OCH3 is 1. The van der Waals surface area contributed by atoms with E-state index in [4.69, 9.17) is 28.7 Å².